The second kappa shape index (κ2) is 7.69. The molecule has 0 atom stereocenters. The monoisotopic (exact) mass is 357 g/mol. The Morgan fingerprint density at radius 3 is 2.54 bits per heavy atom. The van der Waals surface area contributed by atoms with Crippen molar-refractivity contribution >= 4 is 23.2 Å². The summed E-state index contributed by atoms with van der Waals surface area (Å²) in [6, 6.07) is 15.8. The van der Waals surface area contributed by atoms with Gasteiger partial charge in [0.2, 0.25) is 0 Å². The number of hydrogen-bond donors (Lipinski definition) is 0. The molecule has 0 unspecified atom stereocenters. The molecule has 1 heterocycles. The zero-order chi connectivity index (χ0) is 16.9. The lowest BCUT2D eigenvalue weighted by Gasteiger charge is -2.09. The fourth-order valence-corrected chi connectivity index (χ4v) is 2.72. The van der Waals surface area contributed by atoms with Gasteiger partial charge in [-0.05, 0) is 47.9 Å². The molecule has 0 aliphatic carbocycles. The van der Waals surface area contributed by atoms with Crippen molar-refractivity contribution < 1.29 is 4.74 Å². The zero-order valence-electron chi connectivity index (χ0n) is 13.3. The summed E-state index contributed by atoms with van der Waals surface area (Å²) in [7, 11) is 0. The van der Waals surface area contributed by atoms with Crippen molar-refractivity contribution in [2.45, 2.75) is 20.0 Å². The molecule has 24 heavy (non-hydrogen) atoms. The van der Waals surface area contributed by atoms with Gasteiger partial charge in [0, 0.05) is 23.5 Å². The number of hydrogen-bond acceptors (Lipinski definition) is 2. The summed E-state index contributed by atoms with van der Waals surface area (Å²) in [6.45, 7) is 2.60. The predicted octanol–water partition coefficient (Wildman–Crippen LogP) is 6.20. The first-order chi connectivity index (χ1) is 11.7. The Kier molecular flexibility index (Phi) is 5.39. The molecule has 0 amide bonds. The number of pyridine rings is 1. The number of aryl methyl sites for hydroxylation is 1. The Morgan fingerprint density at radius 1 is 0.875 bits per heavy atom. The van der Waals surface area contributed by atoms with Gasteiger partial charge in [0.1, 0.15) is 12.4 Å². The van der Waals surface area contributed by atoms with E-state index >= 15 is 0 Å². The van der Waals surface area contributed by atoms with E-state index in [4.69, 9.17) is 27.9 Å². The van der Waals surface area contributed by atoms with Crippen LogP contribution in [0.5, 0.6) is 5.75 Å². The summed E-state index contributed by atoms with van der Waals surface area (Å²) in [5.74, 6) is 0.870. The van der Waals surface area contributed by atoms with E-state index in [-0.39, 0.29) is 0 Å². The number of rotatable bonds is 5. The van der Waals surface area contributed by atoms with Gasteiger partial charge in [0.15, 0.2) is 0 Å². The van der Waals surface area contributed by atoms with E-state index in [1.807, 2.05) is 30.5 Å². The lowest BCUT2D eigenvalue weighted by molar-refractivity contribution is 0.305. The maximum Gasteiger partial charge on any atom is 0.120 e. The molecule has 0 fully saturated rings. The summed E-state index contributed by atoms with van der Waals surface area (Å²) >= 11 is 12.1. The highest BCUT2D eigenvalue weighted by Crippen LogP contribution is 2.28. The number of nitrogens with zero attached hydrogens (tertiary/aromatic N) is 1. The average Bonchev–Trinajstić information content (AvgIpc) is 2.63. The van der Waals surface area contributed by atoms with Gasteiger partial charge in [-0.15, -0.1) is 0 Å². The highest BCUT2D eigenvalue weighted by Gasteiger charge is 2.05. The minimum absolute atomic E-state index is 0.468. The van der Waals surface area contributed by atoms with Crippen molar-refractivity contribution in [2.75, 3.05) is 0 Å². The van der Waals surface area contributed by atoms with Gasteiger partial charge >= 0.3 is 0 Å². The molecular weight excluding hydrogens is 341 g/mol. The summed E-state index contributed by atoms with van der Waals surface area (Å²) in [5, 5.41) is 1.08. The summed E-state index contributed by atoms with van der Waals surface area (Å²) in [6.07, 6.45) is 4.61. The molecule has 0 radical (unpaired) electrons. The molecule has 0 N–H and O–H groups in total. The molecule has 0 spiro atoms. The molecule has 0 aliphatic heterocycles. The highest BCUT2D eigenvalue weighted by molar-refractivity contribution is 6.42. The first kappa shape index (κ1) is 16.8. The van der Waals surface area contributed by atoms with Crippen LogP contribution in [0.3, 0.4) is 0 Å². The standard InChI is InChI=1S/C20H17Cl2NO/c1-2-14-4-3-5-18(9-14)24-13-15-8-17(12-23-11-15)16-6-7-19(21)20(22)10-16/h3-12H,2,13H2,1H3. The van der Waals surface area contributed by atoms with Crippen LogP contribution in [0.2, 0.25) is 10.0 Å². The second-order valence-corrected chi connectivity index (χ2v) is 6.31. The summed E-state index contributed by atoms with van der Waals surface area (Å²) in [5.41, 5.74) is 4.22. The molecular formula is C20H17Cl2NO. The first-order valence-corrected chi connectivity index (χ1v) is 8.52. The van der Waals surface area contributed by atoms with Gasteiger partial charge in [0.25, 0.3) is 0 Å². The van der Waals surface area contributed by atoms with Crippen molar-refractivity contribution in [2.24, 2.45) is 0 Å². The van der Waals surface area contributed by atoms with Crippen LogP contribution in [0.1, 0.15) is 18.1 Å². The van der Waals surface area contributed by atoms with E-state index in [1.165, 1.54) is 5.56 Å². The van der Waals surface area contributed by atoms with Gasteiger partial charge in [-0.3, -0.25) is 4.98 Å². The van der Waals surface area contributed by atoms with Crippen LogP contribution in [0, 0.1) is 0 Å². The lowest BCUT2D eigenvalue weighted by atomic mass is 10.1. The minimum Gasteiger partial charge on any atom is -0.489 e. The maximum absolute atomic E-state index is 6.10. The largest absolute Gasteiger partial charge is 0.489 e. The van der Waals surface area contributed by atoms with Gasteiger partial charge in [-0.2, -0.15) is 0 Å². The Bertz CT molecular complexity index is 849. The first-order valence-electron chi connectivity index (χ1n) is 7.77. The Morgan fingerprint density at radius 2 is 1.75 bits per heavy atom. The van der Waals surface area contributed by atoms with Crippen LogP contribution in [-0.4, -0.2) is 4.98 Å². The van der Waals surface area contributed by atoms with Crippen LogP contribution < -0.4 is 4.74 Å². The predicted molar refractivity (Wildman–Crippen MR) is 99.8 cm³/mol. The molecule has 3 aromatic rings. The van der Waals surface area contributed by atoms with Gasteiger partial charge in [0.05, 0.1) is 10.0 Å². The van der Waals surface area contributed by atoms with Crippen LogP contribution in [0.4, 0.5) is 0 Å². The quantitative estimate of drug-likeness (QED) is 0.542. The van der Waals surface area contributed by atoms with E-state index in [0.717, 1.165) is 28.9 Å². The minimum atomic E-state index is 0.468. The summed E-state index contributed by atoms with van der Waals surface area (Å²) < 4.78 is 5.88. The second-order valence-electron chi connectivity index (χ2n) is 5.50. The van der Waals surface area contributed by atoms with E-state index in [9.17, 15) is 0 Å². The fraction of sp³-hybridized carbons (Fsp3) is 0.150. The average molecular weight is 358 g/mol. The topological polar surface area (TPSA) is 22.1 Å². The van der Waals surface area contributed by atoms with E-state index < -0.39 is 0 Å². The molecule has 1 aromatic heterocycles. The number of ether oxygens (including phenoxy) is 1. The van der Waals surface area contributed by atoms with Crippen LogP contribution in [0.25, 0.3) is 11.1 Å². The van der Waals surface area contributed by atoms with Gasteiger partial charge < -0.3 is 4.74 Å². The van der Waals surface area contributed by atoms with E-state index in [1.54, 1.807) is 12.3 Å². The Hall–Kier alpha value is -2.03. The molecule has 122 valence electrons. The molecule has 2 nitrogen and oxygen atoms in total. The number of benzene rings is 2. The van der Waals surface area contributed by atoms with Crippen molar-refractivity contribution in [3.63, 3.8) is 0 Å². The van der Waals surface area contributed by atoms with Crippen LogP contribution in [0.15, 0.2) is 60.9 Å². The third-order valence-corrected chi connectivity index (χ3v) is 4.50. The number of halogens is 2. The third-order valence-electron chi connectivity index (χ3n) is 3.76. The fourth-order valence-electron chi connectivity index (χ4n) is 2.42. The van der Waals surface area contributed by atoms with E-state index in [2.05, 4.69) is 30.1 Å². The zero-order valence-corrected chi connectivity index (χ0v) is 14.8. The van der Waals surface area contributed by atoms with E-state index in [0.29, 0.717) is 16.7 Å². The number of aromatic nitrogens is 1. The Labute approximate surface area is 152 Å². The Balaban J connectivity index is 1.76. The molecule has 0 aliphatic rings. The third kappa shape index (κ3) is 4.08. The SMILES string of the molecule is CCc1cccc(OCc2cncc(-c3ccc(Cl)c(Cl)c3)c2)c1. The van der Waals surface area contributed by atoms with Crippen molar-refractivity contribution in [3.05, 3.63) is 82.1 Å². The van der Waals surface area contributed by atoms with Crippen molar-refractivity contribution in [1.29, 1.82) is 0 Å². The normalized spacial score (nSPS) is 10.6. The lowest BCUT2D eigenvalue weighted by Crippen LogP contribution is -1.97. The van der Waals surface area contributed by atoms with Crippen molar-refractivity contribution in [1.82, 2.24) is 4.98 Å². The van der Waals surface area contributed by atoms with Gasteiger partial charge in [-0.25, -0.2) is 0 Å². The smallest absolute Gasteiger partial charge is 0.120 e. The summed E-state index contributed by atoms with van der Waals surface area (Å²) in [4.78, 5) is 4.30. The molecule has 4 heteroatoms. The maximum atomic E-state index is 6.10. The molecule has 0 bridgehead atoms. The molecule has 0 saturated carbocycles. The highest BCUT2D eigenvalue weighted by atomic mass is 35.5. The molecule has 2 aromatic carbocycles. The molecule has 0 saturated heterocycles. The van der Waals surface area contributed by atoms with Crippen LogP contribution >= 0.6 is 23.2 Å². The van der Waals surface area contributed by atoms with Gasteiger partial charge in [-0.1, -0.05) is 48.3 Å². The van der Waals surface area contributed by atoms with Crippen LogP contribution in [-0.2, 0) is 13.0 Å². The molecule has 3 rings (SSSR count). The van der Waals surface area contributed by atoms with Crippen molar-refractivity contribution in [3.8, 4) is 16.9 Å².